The first-order valence-corrected chi connectivity index (χ1v) is 8.29. The van der Waals surface area contributed by atoms with Crippen molar-refractivity contribution >= 4 is 27.7 Å². The summed E-state index contributed by atoms with van der Waals surface area (Å²) >= 11 is 3.44. The van der Waals surface area contributed by atoms with E-state index in [-0.39, 0.29) is 11.8 Å². The van der Waals surface area contributed by atoms with Crippen LogP contribution in [0.25, 0.3) is 0 Å². The maximum Gasteiger partial charge on any atom is 0.254 e. The lowest BCUT2D eigenvalue weighted by atomic mass is 10.1. The van der Waals surface area contributed by atoms with Crippen molar-refractivity contribution in [2.75, 3.05) is 32.8 Å². The minimum absolute atomic E-state index is 0.0166. The number of carbonyl (C=O) groups excluding carboxylic acids is 2. The van der Waals surface area contributed by atoms with Crippen LogP contribution >= 0.6 is 15.9 Å². The van der Waals surface area contributed by atoms with E-state index in [1.54, 1.807) is 28.9 Å². The van der Waals surface area contributed by atoms with Gasteiger partial charge in [-0.3, -0.25) is 9.59 Å². The molecule has 0 aliphatic carbocycles. The summed E-state index contributed by atoms with van der Waals surface area (Å²) in [5.74, 6) is 0.734. The molecule has 120 valence electrons. The molecule has 0 N–H and O–H groups in total. The van der Waals surface area contributed by atoms with Gasteiger partial charge in [0.2, 0.25) is 5.91 Å². The molecule has 0 bridgehead atoms. The average molecular weight is 369 g/mol. The van der Waals surface area contributed by atoms with Crippen LogP contribution in [0.15, 0.2) is 22.7 Å². The summed E-state index contributed by atoms with van der Waals surface area (Å²) in [7, 11) is 0. The Hall–Kier alpha value is -1.56. The molecule has 1 fully saturated rings. The molecule has 6 heteroatoms. The number of rotatable bonds is 4. The standard InChI is InChI=1S/C16H21BrN2O3/c1-3-10-22-15-11-13(4-5-14(15)17)16(21)19-8-6-18(7-9-19)12(2)20/h4-5,11H,3,6-10H2,1-2H3. The molecule has 0 spiro atoms. The van der Waals surface area contributed by atoms with Crippen molar-refractivity contribution < 1.29 is 14.3 Å². The maximum atomic E-state index is 12.6. The van der Waals surface area contributed by atoms with Crippen LogP contribution < -0.4 is 4.74 Å². The number of carbonyl (C=O) groups is 2. The second-order valence-corrected chi connectivity index (χ2v) is 6.15. The van der Waals surface area contributed by atoms with Gasteiger partial charge in [-0.25, -0.2) is 0 Å². The lowest BCUT2D eigenvalue weighted by Crippen LogP contribution is -2.50. The maximum absolute atomic E-state index is 12.6. The third-order valence-corrected chi connectivity index (χ3v) is 4.31. The van der Waals surface area contributed by atoms with Crippen LogP contribution in [0.5, 0.6) is 5.75 Å². The van der Waals surface area contributed by atoms with Crippen molar-refractivity contribution in [2.45, 2.75) is 20.3 Å². The first-order valence-electron chi connectivity index (χ1n) is 7.50. The van der Waals surface area contributed by atoms with Gasteiger partial charge in [0.25, 0.3) is 5.91 Å². The van der Waals surface area contributed by atoms with Crippen molar-refractivity contribution in [1.82, 2.24) is 9.80 Å². The molecule has 22 heavy (non-hydrogen) atoms. The van der Waals surface area contributed by atoms with Crippen molar-refractivity contribution in [3.05, 3.63) is 28.2 Å². The first-order chi connectivity index (χ1) is 10.5. The van der Waals surface area contributed by atoms with E-state index >= 15 is 0 Å². The molecular formula is C16H21BrN2O3. The fourth-order valence-electron chi connectivity index (χ4n) is 2.37. The second kappa shape index (κ2) is 7.63. The Balaban J connectivity index is 2.05. The smallest absolute Gasteiger partial charge is 0.254 e. The molecule has 1 aliphatic rings. The molecule has 1 aromatic rings. The van der Waals surface area contributed by atoms with E-state index in [4.69, 9.17) is 4.74 Å². The fraction of sp³-hybridized carbons (Fsp3) is 0.500. The first kappa shape index (κ1) is 16.8. The zero-order valence-electron chi connectivity index (χ0n) is 13.0. The number of benzene rings is 1. The van der Waals surface area contributed by atoms with Crippen LogP contribution in [-0.4, -0.2) is 54.4 Å². The number of hydrogen-bond acceptors (Lipinski definition) is 3. The Morgan fingerprint density at radius 3 is 2.41 bits per heavy atom. The van der Waals surface area contributed by atoms with Gasteiger partial charge in [0.1, 0.15) is 5.75 Å². The second-order valence-electron chi connectivity index (χ2n) is 5.29. The molecule has 1 aromatic carbocycles. The van der Waals surface area contributed by atoms with Gasteiger partial charge in [0.15, 0.2) is 0 Å². The summed E-state index contributed by atoms with van der Waals surface area (Å²) in [6.07, 6.45) is 0.914. The van der Waals surface area contributed by atoms with E-state index < -0.39 is 0 Å². The monoisotopic (exact) mass is 368 g/mol. The number of ether oxygens (including phenoxy) is 1. The van der Waals surface area contributed by atoms with Crippen LogP contribution in [0.2, 0.25) is 0 Å². The van der Waals surface area contributed by atoms with Gasteiger partial charge >= 0.3 is 0 Å². The van der Waals surface area contributed by atoms with Crippen molar-refractivity contribution in [1.29, 1.82) is 0 Å². The summed E-state index contributed by atoms with van der Waals surface area (Å²) in [4.78, 5) is 27.4. The molecule has 2 rings (SSSR count). The molecule has 1 saturated heterocycles. The Bertz CT molecular complexity index is 554. The third kappa shape index (κ3) is 4.00. The predicted molar refractivity (Wildman–Crippen MR) is 88.1 cm³/mol. The highest BCUT2D eigenvalue weighted by Crippen LogP contribution is 2.27. The quantitative estimate of drug-likeness (QED) is 0.820. The van der Waals surface area contributed by atoms with Crippen LogP contribution in [0.4, 0.5) is 0 Å². The van der Waals surface area contributed by atoms with Crippen molar-refractivity contribution in [2.24, 2.45) is 0 Å². The van der Waals surface area contributed by atoms with E-state index in [1.165, 1.54) is 0 Å². The van der Waals surface area contributed by atoms with Crippen molar-refractivity contribution in [3.8, 4) is 5.75 Å². The summed E-state index contributed by atoms with van der Waals surface area (Å²) < 4.78 is 6.49. The number of halogens is 1. The Kier molecular flexibility index (Phi) is 5.83. The summed E-state index contributed by atoms with van der Waals surface area (Å²) in [6.45, 7) is 6.54. The highest BCUT2D eigenvalue weighted by molar-refractivity contribution is 9.10. The number of amides is 2. The van der Waals surface area contributed by atoms with E-state index in [0.29, 0.717) is 44.1 Å². The Morgan fingerprint density at radius 2 is 1.82 bits per heavy atom. The summed E-state index contributed by atoms with van der Waals surface area (Å²) in [5.41, 5.74) is 0.616. The minimum Gasteiger partial charge on any atom is -0.492 e. The van der Waals surface area contributed by atoms with Crippen LogP contribution in [0.1, 0.15) is 30.6 Å². The highest BCUT2D eigenvalue weighted by atomic mass is 79.9. The normalized spacial score (nSPS) is 14.9. The zero-order valence-corrected chi connectivity index (χ0v) is 14.6. The summed E-state index contributed by atoms with van der Waals surface area (Å²) in [6, 6.07) is 5.41. The third-order valence-electron chi connectivity index (χ3n) is 3.65. The van der Waals surface area contributed by atoms with Gasteiger partial charge in [-0.1, -0.05) is 6.92 Å². The molecule has 0 saturated carbocycles. The fourth-order valence-corrected chi connectivity index (χ4v) is 2.73. The Morgan fingerprint density at radius 1 is 1.18 bits per heavy atom. The molecule has 1 heterocycles. The molecule has 1 aliphatic heterocycles. The lowest BCUT2D eigenvalue weighted by molar-refractivity contribution is -0.130. The topological polar surface area (TPSA) is 49.9 Å². The van der Waals surface area contributed by atoms with E-state index in [9.17, 15) is 9.59 Å². The van der Waals surface area contributed by atoms with E-state index in [0.717, 1.165) is 10.9 Å². The molecule has 0 unspecified atom stereocenters. The lowest BCUT2D eigenvalue weighted by Gasteiger charge is -2.34. The number of nitrogens with zero attached hydrogens (tertiary/aromatic N) is 2. The van der Waals surface area contributed by atoms with Gasteiger partial charge in [-0.2, -0.15) is 0 Å². The average Bonchev–Trinajstić information content (AvgIpc) is 2.53. The predicted octanol–water partition coefficient (Wildman–Crippen LogP) is 2.54. The van der Waals surface area contributed by atoms with Gasteiger partial charge in [0.05, 0.1) is 11.1 Å². The van der Waals surface area contributed by atoms with Crippen LogP contribution in [0.3, 0.4) is 0 Å². The molecule has 0 aromatic heterocycles. The molecule has 0 atom stereocenters. The number of piperazine rings is 1. The van der Waals surface area contributed by atoms with E-state index in [1.807, 2.05) is 13.0 Å². The van der Waals surface area contributed by atoms with Gasteiger partial charge in [0, 0.05) is 38.7 Å². The molecule has 0 radical (unpaired) electrons. The number of hydrogen-bond donors (Lipinski definition) is 0. The Labute approximate surface area is 139 Å². The largest absolute Gasteiger partial charge is 0.492 e. The molecular weight excluding hydrogens is 348 g/mol. The van der Waals surface area contributed by atoms with Crippen LogP contribution in [-0.2, 0) is 4.79 Å². The highest BCUT2D eigenvalue weighted by Gasteiger charge is 2.23. The minimum atomic E-state index is -0.0166. The SMILES string of the molecule is CCCOc1cc(C(=O)N2CCN(C(C)=O)CC2)ccc1Br. The van der Waals surface area contributed by atoms with Crippen LogP contribution in [0, 0.1) is 0 Å². The summed E-state index contributed by atoms with van der Waals surface area (Å²) in [5, 5.41) is 0. The zero-order chi connectivity index (χ0) is 16.1. The van der Waals surface area contributed by atoms with Gasteiger partial charge in [-0.15, -0.1) is 0 Å². The van der Waals surface area contributed by atoms with Gasteiger partial charge < -0.3 is 14.5 Å². The molecule has 5 nitrogen and oxygen atoms in total. The van der Waals surface area contributed by atoms with E-state index in [2.05, 4.69) is 15.9 Å². The van der Waals surface area contributed by atoms with Crippen molar-refractivity contribution in [3.63, 3.8) is 0 Å². The molecule has 2 amide bonds. The van der Waals surface area contributed by atoms with Gasteiger partial charge in [-0.05, 0) is 40.5 Å².